The second-order valence-corrected chi connectivity index (χ2v) is 2.08. The number of carbonyl (C=O) groups excluding carboxylic acids is 1. The quantitative estimate of drug-likeness (QED) is 0.635. The summed E-state index contributed by atoms with van der Waals surface area (Å²) >= 11 is 0. The van der Waals surface area contributed by atoms with E-state index in [9.17, 15) is 4.79 Å². The molecule has 4 nitrogen and oxygen atoms in total. The van der Waals surface area contributed by atoms with E-state index in [1.165, 1.54) is 0 Å². The van der Waals surface area contributed by atoms with Crippen LogP contribution in [0.15, 0.2) is 30.3 Å². The Hall–Kier alpha value is -1.55. The maximum Gasteiger partial charge on any atom is 0.413 e. The highest BCUT2D eigenvalue weighted by atomic mass is 16.6. The Morgan fingerprint density at radius 3 is 2.67 bits per heavy atom. The van der Waals surface area contributed by atoms with E-state index >= 15 is 0 Å². The van der Waals surface area contributed by atoms with Crippen molar-refractivity contribution >= 4 is 6.09 Å². The van der Waals surface area contributed by atoms with E-state index in [-0.39, 0.29) is 6.67 Å². The lowest BCUT2D eigenvalue weighted by molar-refractivity contribution is 0.201. The summed E-state index contributed by atoms with van der Waals surface area (Å²) in [5.41, 5.74) is 5.07. The first-order valence-electron chi connectivity index (χ1n) is 3.53. The topological polar surface area (TPSA) is 64.3 Å². The summed E-state index contributed by atoms with van der Waals surface area (Å²) in [6, 6.07) is 8.79. The van der Waals surface area contributed by atoms with Crippen LogP contribution in [0.4, 0.5) is 4.79 Å². The fourth-order valence-electron chi connectivity index (χ4n) is 0.715. The molecule has 0 unspecified atom stereocenters. The SMILES string of the molecule is NCNC(=O)Oc1ccccc1. The van der Waals surface area contributed by atoms with E-state index < -0.39 is 6.09 Å². The highest BCUT2D eigenvalue weighted by molar-refractivity contribution is 5.70. The predicted molar refractivity (Wildman–Crippen MR) is 44.7 cm³/mol. The van der Waals surface area contributed by atoms with E-state index in [4.69, 9.17) is 10.5 Å². The largest absolute Gasteiger partial charge is 0.413 e. The predicted octanol–water partition coefficient (Wildman–Crippen LogP) is 0.691. The van der Waals surface area contributed by atoms with E-state index in [1.807, 2.05) is 6.07 Å². The zero-order valence-electron chi connectivity index (χ0n) is 6.49. The van der Waals surface area contributed by atoms with Crippen molar-refractivity contribution in [1.82, 2.24) is 5.32 Å². The van der Waals surface area contributed by atoms with Gasteiger partial charge in [0.25, 0.3) is 0 Å². The fraction of sp³-hybridized carbons (Fsp3) is 0.125. The number of rotatable bonds is 2. The summed E-state index contributed by atoms with van der Waals surface area (Å²) in [6.45, 7) is 0.0751. The molecule has 3 N–H and O–H groups in total. The standard InChI is InChI=1S/C8H10N2O2/c9-6-10-8(11)12-7-4-2-1-3-5-7/h1-5H,6,9H2,(H,10,11). The minimum Gasteiger partial charge on any atom is -0.410 e. The van der Waals surface area contributed by atoms with Crippen LogP contribution in [-0.4, -0.2) is 12.8 Å². The summed E-state index contributed by atoms with van der Waals surface area (Å²) < 4.78 is 4.82. The van der Waals surface area contributed by atoms with Gasteiger partial charge in [-0.25, -0.2) is 4.79 Å². The molecule has 0 atom stereocenters. The number of hydrogen-bond acceptors (Lipinski definition) is 3. The van der Waals surface area contributed by atoms with Crippen molar-refractivity contribution in [2.45, 2.75) is 0 Å². The minimum atomic E-state index is -0.538. The van der Waals surface area contributed by atoms with Crippen molar-refractivity contribution in [2.24, 2.45) is 5.73 Å². The molecule has 0 saturated heterocycles. The molecule has 0 aliphatic heterocycles. The smallest absolute Gasteiger partial charge is 0.410 e. The van der Waals surface area contributed by atoms with Gasteiger partial charge in [0, 0.05) is 0 Å². The van der Waals surface area contributed by atoms with Gasteiger partial charge in [0.15, 0.2) is 0 Å². The third-order valence-corrected chi connectivity index (χ3v) is 1.20. The van der Waals surface area contributed by atoms with Gasteiger partial charge >= 0.3 is 6.09 Å². The molecule has 64 valence electrons. The van der Waals surface area contributed by atoms with Crippen molar-refractivity contribution in [3.05, 3.63) is 30.3 Å². The molecule has 0 bridgehead atoms. The number of nitrogens with two attached hydrogens (primary N) is 1. The Balaban J connectivity index is 2.47. The van der Waals surface area contributed by atoms with E-state index in [0.717, 1.165) is 0 Å². The zero-order chi connectivity index (χ0) is 8.81. The Morgan fingerprint density at radius 1 is 1.42 bits per heavy atom. The van der Waals surface area contributed by atoms with Gasteiger partial charge in [-0.1, -0.05) is 18.2 Å². The van der Waals surface area contributed by atoms with Crippen LogP contribution in [0.25, 0.3) is 0 Å². The van der Waals surface area contributed by atoms with E-state index in [1.54, 1.807) is 24.3 Å². The average Bonchev–Trinajstić information content (AvgIpc) is 2.06. The van der Waals surface area contributed by atoms with Gasteiger partial charge in [0.05, 0.1) is 6.67 Å². The van der Waals surface area contributed by atoms with Gasteiger partial charge in [-0.2, -0.15) is 0 Å². The van der Waals surface area contributed by atoms with Crippen molar-refractivity contribution in [2.75, 3.05) is 6.67 Å². The molecular formula is C8H10N2O2. The molecule has 0 heterocycles. The molecular weight excluding hydrogens is 156 g/mol. The Kier molecular flexibility index (Phi) is 3.10. The molecule has 1 amide bonds. The number of amides is 1. The maximum atomic E-state index is 10.8. The normalized spacial score (nSPS) is 9.08. The minimum absolute atomic E-state index is 0.0751. The Labute approximate surface area is 70.3 Å². The van der Waals surface area contributed by atoms with Gasteiger partial charge < -0.3 is 15.8 Å². The Bertz CT molecular complexity index is 248. The molecule has 0 saturated carbocycles. The molecule has 0 aromatic heterocycles. The molecule has 1 aromatic rings. The van der Waals surface area contributed by atoms with Crippen LogP contribution in [0.3, 0.4) is 0 Å². The summed E-state index contributed by atoms with van der Waals surface area (Å²) in [4.78, 5) is 10.8. The number of benzene rings is 1. The molecule has 0 aliphatic rings. The molecule has 1 aromatic carbocycles. The van der Waals surface area contributed by atoms with Gasteiger partial charge in [0.1, 0.15) is 5.75 Å². The maximum absolute atomic E-state index is 10.8. The number of ether oxygens (including phenoxy) is 1. The molecule has 0 aliphatic carbocycles. The summed E-state index contributed by atoms with van der Waals surface area (Å²) in [5, 5.41) is 2.31. The first-order chi connectivity index (χ1) is 5.83. The van der Waals surface area contributed by atoms with Crippen LogP contribution in [0.1, 0.15) is 0 Å². The number of para-hydroxylation sites is 1. The third-order valence-electron chi connectivity index (χ3n) is 1.20. The molecule has 0 spiro atoms. The van der Waals surface area contributed by atoms with Crippen molar-refractivity contribution in [1.29, 1.82) is 0 Å². The highest BCUT2D eigenvalue weighted by Gasteiger charge is 1.99. The molecule has 0 fully saturated rings. The Morgan fingerprint density at radius 2 is 2.08 bits per heavy atom. The van der Waals surface area contributed by atoms with Gasteiger partial charge in [-0.15, -0.1) is 0 Å². The van der Waals surface area contributed by atoms with Crippen LogP contribution in [0, 0.1) is 0 Å². The van der Waals surface area contributed by atoms with Crippen LogP contribution < -0.4 is 15.8 Å². The lowest BCUT2D eigenvalue weighted by Crippen LogP contribution is -2.31. The number of hydrogen-bond donors (Lipinski definition) is 2. The lowest BCUT2D eigenvalue weighted by Gasteiger charge is -2.02. The third kappa shape index (κ3) is 2.59. The van der Waals surface area contributed by atoms with E-state index in [2.05, 4.69) is 5.32 Å². The van der Waals surface area contributed by atoms with E-state index in [0.29, 0.717) is 5.75 Å². The molecule has 0 radical (unpaired) electrons. The second-order valence-electron chi connectivity index (χ2n) is 2.08. The monoisotopic (exact) mass is 166 g/mol. The second kappa shape index (κ2) is 4.35. The lowest BCUT2D eigenvalue weighted by atomic mass is 10.3. The van der Waals surface area contributed by atoms with Crippen LogP contribution >= 0.6 is 0 Å². The van der Waals surface area contributed by atoms with Crippen LogP contribution in [0.5, 0.6) is 5.75 Å². The summed E-state index contributed by atoms with van der Waals surface area (Å²) in [6.07, 6.45) is -0.538. The first-order valence-corrected chi connectivity index (χ1v) is 3.53. The van der Waals surface area contributed by atoms with Crippen molar-refractivity contribution < 1.29 is 9.53 Å². The fourth-order valence-corrected chi connectivity index (χ4v) is 0.715. The highest BCUT2D eigenvalue weighted by Crippen LogP contribution is 2.07. The number of nitrogens with one attached hydrogen (secondary N) is 1. The van der Waals surface area contributed by atoms with Crippen molar-refractivity contribution in [3.8, 4) is 5.75 Å². The average molecular weight is 166 g/mol. The van der Waals surface area contributed by atoms with Gasteiger partial charge in [-0.05, 0) is 12.1 Å². The summed E-state index contributed by atoms with van der Waals surface area (Å²) in [7, 11) is 0. The first kappa shape index (κ1) is 8.55. The van der Waals surface area contributed by atoms with Crippen molar-refractivity contribution in [3.63, 3.8) is 0 Å². The van der Waals surface area contributed by atoms with Gasteiger partial charge in [0.2, 0.25) is 0 Å². The molecule has 12 heavy (non-hydrogen) atoms. The molecule has 4 heteroatoms. The van der Waals surface area contributed by atoms with Gasteiger partial charge in [-0.3, -0.25) is 0 Å². The van der Waals surface area contributed by atoms with Crippen LogP contribution in [-0.2, 0) is 0 Å². The number of carbonyl (C=O) groups is 1. The molecule has 1 rings (SSSR count). The zero-order valence-corrected chi connectivity index (χ0v) is 6.49. The van der Waals surface area contributed by atoms with Crippen LogP contribution in [0.2, 0.25) is 0 Å². The summed E-state index contributed by atoms with van der Waals surface area (Å²) in [5.74, 6) is 0.503.